The fourth-order valence-electron chi connectivity index (χ4n) is 0.642. The first-order valence-electron chi connectivity index (χ1n) is 2.72. The standard InChI is InChI=1S/C7H9NO.Na/c1-9-7-4-2-3-6(8)5-7;/h2-5H,8H2,1H3;. The summed E-state index contributed by atoms with van der Waals surface area (Å²) in [6, 6.07) is 7.31. The van der Waals surface area contributed by atoms with Gasteiger partial charge in [-0.05, 0) is 12.1 Å². The number of nitrogens with two attached hydrogens (primary N) is 1. The van der Waals surface area contributed by atoms with Gasteiger partial charge in [0, 0.05) is 41.3 Å². The first kappa shape index (κ1) is 9.82. The molecule has 0 fully saturated rings. The van der Waals surface area contributed by atoms with Crippen molar-refractivity contribution in [1.29, 1.82) is 0 Å². The van der Waals surface area contributed by atoms with E-state index in [1.807, 2.05) is 18.2 Å². The van der Waals surface area contributed by atoms with E-state index >= 15 is 0 Å². The molecule has 0 aromatic heterocycles. The van der Waals surface area contributed by atoms with Crippen molar-refractivity contribution in [2.75, 3.05) is 12.8 Å². The molecule has 3 heteroatoms. The Morgan fingerprint density at radius 3 is 2.50 bits per heavy atom. The van der Waals surface area contributed by atoms with Crippen LogP contribution in [0.1, 0.15) is 0 Å². The van der Waals surface area contributed by atoms with Crippen molar-refractivity contribution in [3.8, 4) is 5.75 Å². The van der Waals surface area contributed by atoms with Gasteiger partial charge in [-0.15, -0.1) is 0 Å². The van der Waals surface area contributed by atoms with E-state index in [0.29, 0.717) is 0 Å². The van der Waals surface area contributed by atoms with Gasteiger partial charge in [-0.2, -0.15) is 0 Å². The van der Waals surface area contributed by atoms with Gasteiger partial charge in [0.25, 0.3) is 0 Å². The molecule has 1 aromatic carbocycles. The van der Waals surface area contributed by atoms with Crippen molar-refractivity contribution in [2.24, 2.45) is 0 Å². The van der Waals surface area contributed by atoms with E-state index in [0.717, 1.165) is 11.4 Å². The molecule has 0 unspecified atom stereocenters. The molecule has 1 aromatic rings. The van der Waals surface area contributed by atoms with Crippen LogP contribution in [0.3, 0.4) is 0 Å². The summed E-state index contributed by atoms with van der Waals surface area (Å²) >= 11 is 0. The van der Waals surface area contributed by atoms with Gasteiger partial charge < -0.3 is 10.5 Å². The van der Waals surface area contributed by atoms with E-state index in [2.05, 4.69) is 0 Å². The molecule has 49 valence electrons. The SMILES string of the molecule is COc1cccc(N)c1.[Na]. The molecule has 0 saturated carbocycles. The molecule has 0 heterocycles. The molecule has 0 bridgehead atoms. The van der Waals surface area contributed by atoms with Crippen molar-refractivity contribution < 1.29 is 4.74 Å². The fraction of sp³-hybridized carbons (Fsp3) is 0.143. The Morgan fingerprint density at radius 2 is 2.10 bits per heavy atom. The predicted molar refractivity (Wildman–Crippen MR) is 43.2 cm³/mol. The van der Waals surface area contributed by atoms with Crippen molar-refractivity contribution in [3.05, 3.63) is 24.3 Å². The van der Waals surface area contributed by atoms with Crippen LogP contribution in [-0.2, 0) is 0 Å². The van der Waals surface area contributed by atoms with Crippen LogP contribution < -0.4 is 10.5 Å². The molecule has 0 amide bonds. The Morgan fingerprint density at radius 1 is 1.40 bits per heavy atom. The van der Waals surface area contributed by atoms with Crippen LogP contribution in [0.2, 0.25) is 0 Å². The summed E-state index contributed by atoms with van der Waals surface area (Å²) in [5.41, 5.74) is 6.19. The van der Waals surface area contributed by atoms with Crippen LogP contribution in [0.25, 0.3) is 0 Å². The van der Waals surface area contributed by atoms with E-state index in [1.165, 1.54) is 0 Å². The van der Waals surface area contributed by atoms with E-state index < -0.39 is 0 Å². The zero-order chi connectivity index (χ0) is 6.69. The minimum Gasteiger partial charge on any atom is -0.497 e. The molecular weight excluding hydrogens is 137 g/mol. The summed E-state index contributed by atoms with van der Waals surface area (Å²) in [6.07, 6.45) is 0. The molecule has 0 saturated heterocycles. The maximum absolute atomic E-state index is 5.45. The van der Waals surface area contributed by atoms with E-state index in [1.54, 1.807) is 13.2 Å². The van der Waals surface area contributed by atoms with Gasteiger partial charge in [0.1, 0.15) is 5.75 Å². The van der Waals surface area contributed by atoms with Crippen molar-refractivity contribution in [1.82, 2.24) is 0 Å². The Bertz CT molecular complexity index is 203. The number of nitrogen functional groups attached to an aromatic ring is 1. The molecule has 2 N–H and O–H groups in total. The molecule has 10 heavy (non-hydrogen) atoms. The summed E-state index contributed by atoms with van der Waals surface area (Å²) in [6.45, 7) is 0. The Labute approximate surface area is 82.7 Å². The van der Waals surface area contributed by atoms with Crippen molar-refractivity contribution in [2.45, 2.75) is 0 Å². The molecule has 0 aliphatic rings. The average Bonchev–Trinajstić information content (AvgIpc) is 1.88. The molecule has 1 radical (unpaired) electrons. The third-order valence-corrected chi connectivity index (χ3v) is 1.09. The summed E-state index contributed by atoms with van der Waals surface area (Å²) in [5, 5.41) is 0. The summed E-state index contributed by atoms with van der Waals surface area (Å²) < 4.78 is 4.92. The quantitative estimate of drug-likeness (QED) is 0.472. The molecule has 0 aliphatic heterocycles. The van der Waals surface area contributed by atoms with Crippen LogP contribution in [0.15, 0.2) is 24.3 Å². The largest absolute Gasteiger partial charge is 0.497 e. The summed E-state index contributed by atoms with van der Waals surface area (Å²) in [7, 11) is 1.62. The average molecular weight is 146 g/mol. The van der Waals surface area contributed by atoms with Crippen LogP contribution in [0, 0.1) is 0 Å². The number of hydrogen-bond acceptors (Lipinski definition) is 2. The van der Waals surface area contributed by atoms with Gasteiger partial charge in [-0.3, -0.25) is 0 Å². The van der Waals surface area contributed by atoms with E-state index in [-0.39, 0.29) is 29.6 Å². The Hall–Kier alpha value is -0.180. The van der Waals surface area contributed by atoms with Gasteiger partial charge in [-0.25, -0.2) is 0 Å². The second kappa shape index (κ2) is 4.61. The van der Waals surface area contributed by atoms with Crippen molar-refractivity contribution >= 4 is 35.2 Å². The zero-order valence-electron chi connectivity index (χ0n) is 6.29. The van der Waals surface area contributed by atoms with Crippen molar-refractivity contribution in [3.63, 3.8) is 0 Å². The van der Waals surface area contributed by atoms with Gasteiger partial charge in [0.2, 0.25) is 0 Å². The second-order valence-electron chi connectivity index (χ2n) is 1.78. The van der Waals surface area contributed by atoms with Crippen LogP contribution in [0.4, 0.5) is 5.69 Å². The number of hydrogen-bond donors (Lipinski definition) is 1. The van der Waals surface area contributed by atoms with Crippen LogP contribution in [-0.4, -0.2) is 36.7 Å². The monoisotopic (exact) mass is 146 g/mol. The Balaban J connectivity index is 0.000000810. The molecule has 2 nitrogen and oxygen atoms in total. The smallest absolute Gasteiger partial charge is 0.120 e. The summed E-state index contributed by atoms with van der Waals surface area (Å²) in [4.78, 5) is 0. The van der Waals surface area contributed by atoms with Gasteiger partial charge in [0.05, 0.1) is 7.11 Å². The van der Waals surface area contributed by atoms with E-state index in [4.69, 9.17) is 10.5 Å². The molecule has 1 rings (SSSR count). The normalized spacial score (nSPS) is 8.10. The minimum atomic E-state index is 0. The molecule has 0 atom stereocenters. The maximum Gasteiger partial charge on any atom is 0.120 e. The first-order chi connectivity index (χ1) is 4.33. The second-order valence-corrected chi connectivity index (χ2v) is 1.78. The Kier molecular flexibility index (Phi) is 4.52. The number of benzene rings is 1. The van der Waals surface area contributed by atoms with Gasteiger partial charge in [0.15, 0.2) is 0 Å². The maximum atomic E-state index is 5.45. The summed E-state index contributed by atoms with van der Waals surface area (Å²) in [5.74, 6) is 0.801. The van der Waals surface area contributed by atoms with Crippen LogP contribution in [0.5, 0.6) is 5.75 Å². The molecule has 0 aliphatic carbocycles. The van der Waals surface area contributed by atoms with Gasteiger partial charge in [-0.1, -0.05) is 6.07 Å². The predicted octanol–water partition coefficient (Wildman–Crippen LogP) is 0.897. The third-order valence-electron chi connectivity index (χ3n) is 1.09. The van der Waals surface area contributed by atoms with Crippen LogP contribution >= 0.6 is 0 Å². The zero-order valence-corrected chi connectivity index (χ0v) is 8.29. The fourth-order valence-corrected chi connectivity index (χ4v) is 0.642. The van der Waals surface area contributed by atoms with Gasteiger partial charge >= 0.3 is 0 Å². The minimum absolute atomic E-state index is 0. The molecule has 0 spiro atoms. The first-order valence-corrected chi connectivity index (χ1v) is 2.72. The topological polar surface area (TPSA) is 35.2 Å². The molecular formula is C7H9NNaO. The number of methoxy groups -OCH3 is 1. The number of anilines is 1. The third kappa shape index (κ3) is 2.60. The van der Waals surface area contributed by atoms with E-state index in [9.17, 15) is 0 Å². The number of ether oxygens (including phenoxy) is 1. The number of rotatable bonds is 1.